The Hall–Kier alpha value is -1.09. The van der Waals surface area contributed by atoms with E-state index in [0.717, 1.165) is 16.2 Å². The van der Waals surface area contributed by atoms with Gasteiger partial charge in [-0.15, -0.1) is 0 Å². The summed E-state index contributed by atoms with van der Waals surface area (Å²) in [5.41, 5.74) is 3.70. The van der Waals surface area contributed by atoms with Crippen LogP contribution in [0.15, 0.2) is 18.2 Å². The van der Waals surface area contributed by atoms with Gasteiger partial charge in [-0.2, -0.15) is 0 Å². The maximum atomic E-state index is 5.49. The van der Waals surface area contributed by atoms with Crippen molar-refractivity contribution in [1.82, 2.24) is 9.55 Å². The lowest BCUT2D eigenvalue weighted by molar-refractivity contribution is 0.402. The van der Waals surface area contributed by atoms with Crippen LogP contribution in [0.4, 0.5) is 0 Å². The van der Waals surface area contributed by atoms with Gasteiger partial charge < -0.3 is 9.55 Å². The fraction of sp³-hybridized carbons (Fsp3) is 0.533. The minimum atomic E-state index is 0.447. The van der Waals surface area contributed by atoms with Crippen molar-refractivity contribution in [2.45, 2.75) is 46.6 Å². The molecule has 0 saturated carbocycles. The minimum absolute atomic E-state index is 0.447. The predicted octanol–water partition coefficient (Wildman–Crippen LogP) is 5.00. The molecule has 0 aliphatic rings. The van der Waals surface area contributed by atoms with E-state index in [9.17, 15) is 0 Å². The lowest BCUT2D eigenvalue weighted by Crippen LogP contribution is -2.09. The van der Waals surface area contributed by atoms with Crippen LogP contribution in [0.25, 0.3) is 11.0 Å². The maximum absolute atomic E-state index is 5.49. The van der Waals surface area contributed by atoms with Crippen molar-refractivity contribution >= 4 is 23.3 Å². The molecular formula is C15H22N2S. The second-order valence-electron chi connectivity index (χ2n) is 5.37. The number of hydrogen-bond donors (Lipinski definition) is 1. The number of benzene rings is 1. The van der Waals surface area contributed by atoms with Crippen molar-refractivity contribution in [3.05, 3.63) is 28.5 Å². The van der Waals surface area contributed by atoms with E-state index in [0.29, 0.717) is 6.04 Å². The van der Waals surface area contributed by atoms with Gasteiger partial charge in [0.25, 0.3) is 0 Å². The van der Waals surface area contributed by atoms with Crippen LogP contribution >= 0.6 is 12.2 Å². The Balaban J connectivity index is 2.50. The van der Waals surface area contributed by atoms with Gasteiger partial charge in [-0.25, -0.2) is 0 Å². The van der Waals surface area contributed by atoms with Crippen LogP contribution in [-0.2, 0) is 0 Å². The molecule has 1 heterocycles. The number of aryl methyl sites for hydroxylation is 1. The molecule has 1 aromatic carbocycles. The average Bonchev–Trinajstić information content (AvgIpc) is 2.66. The Labute approximate surface area is 114 Å². The molecule has 2 atom stereocenters. The van der Waals surface area contributed by atoms with E-state index < -0.39 is 0 Å². The zero-order chi connectivity index (χ0) is 13.3. The highest BCUT2D eigenvalue weighted by atomic mass is 32.1. The third-order valence-corrected chi connectivity index (χ3v) is 4.12. The van der Waals surface area contributed by atoms with Gasteiger partial charge in [0.05, 0.1) is 11.0 Å². The fourth-order valence-electron chi connectivity index (χ4n) is 2.63. The third kappa shape index (κ3) is 2.37. The summed E-state index contributed by atoms with van der Waals surface area (Å²) in [5.74, 6) is 0.732. The Morgan fingerprint density at radius 3 is 2.72 bits per heavy atom. The van der Waals surface area contributed by atoms with Crippen LogP contribution in [0.1, 0.15) is 45.2 Å². The standard InChI is InChI=1S/C15H22N2S/c1-5-10(2)9-12(4)17-14-11(3)7-6-8-13(14)16-15(17)18/h6-8,10,12H,5,9H2,1-4H3,(H,16,18). The van der Waals surface area contributed by atoms with Crippen LogP contribution in [-0.4, -0.2) is 9.55 Å². The maximum Gasteiger partial charge on any atom is 0.178 e. The van der Waals surface area contributed by atoms with E-state index in [1.165, 1.54) is 23.9 Å². The molecule has 0 fully saturated rings. The number of imidazole rings is 1. The summed E-state index contributed by atoms with van der Waals surface area (Å²) in [5, 5.41) is 0. The van der Waals surface area contributed by atoms with Crippen molar-refractivity contribution in [1.29, 1.82) is 0 Å². The number of aromatic amines is 1. The smallest absolute Gasteiger partial charge is 0.178 e. The molecule has 1 aromatic heterocycles. The van der Waals surface area contributed by atoms with Gasteiger partial charge in [-0.3, -0.25) is 0 Å². The Bertz CT molecular complexity index is 594. The van der Waals surface area contributed by atoms with E-state index in [2.05, 4.69) is 55.4 Å². The predicted molar refractivity (Wildman–Crippen MR) is 80.6 cm³/mol. The summed E-state index contributed by atoms with van der Waals surface area (Å²) >= 11 is 5.49. The summed E-state index contributed by atoms with van der Waals surface area (Å²) in [4.78, 5) is 3.32. The van der Waals surface area contributed by atoms with E-state index >= 15 is 0 Å². The van der Waals surface area contributed by atoms with Gasteiger partial charge in [-0.05, 0) is 50.0 Å². The average molecular weight is 262 g/mol. The largest absolute Gasteiger partial charge is 0.331 e. The zero-order valence-corrected chi connectivity index (χ0v) is 12.5. The quantitative estimate of drug-likeness (QED) is 0.769. The Morgan fingerprint density at radius 2 is 2.06 bits per heavy atom. The molecule has 0 radical (unpaired) electrons. The Morgan fingerprint density at radius 1 is 1.33 bits per heavy atom. The van der Waals surface area contributed by atoms with E-state index in [4.69, 9.17) is 12.2 Å². The summed E-state index contributed by atoms with van der Waals surface area (Å²) < 4.78 is 3.13. The van der Waals surface area contributed by atoms with Gasteiger partial charge in [0, 0.05) is 6.04 Å². The van der Waals surface area contributed by atoms with Gasteiger partial charge >= 0.3 is 0 Å². The van der Waals surface area contributed by atoms with Crippen LogP contribution in [0.5, 0.6) is 0 Å². The lowest BCUT2D eigenvalue weighted by atomic mass is 10.00. The molecule has 0 amide bonds. The van der Waals surface area contributed by atoms with Crippen molar-refractivity contribution in [2.75, 3.05) is 0 Å². The second kappa shape index (κ2) is 5.27. The number of fused-ring (bicyclic) bond motifs is 1. The molecule has 3 heteroatoms. The first-order valence-electron chi connectivity index (χ1n) is 6.74. The molecule has 2 rings (SSSR count). The molecule has 2 nitrogen and oxygen atoms in total. The first-order valence-corrected chi connectivity index (χ1v) is 7.15. The molecule has 18 heavy (non-hydrogen) atoms. The molecule has 2 unspecified atom stereocenters. The number of nitrogens with zero attached hydrogens (tertiary/aromatic N) is 1. The number of nitrogens with one attached hydrogen (secondary N) is 1. The SMILES string of the molecule is CCC(C)CC(C)n1c(=S)[nH]c2cccc(C)c21. The van der Waals surface area contributed by atoms with Crippen LogP contribution in [0.2, 0.25) is 0 Å². The summed E-state index contributed by atoms with van der Waals surface area (Å²) in [6.07, 6.45) is 2.39. The summed E-state index contributed by atoms with van der Waals surface area (Å²) in [6.45, 7) is 8.97. The molecule has 0 bridgehead atoms. The molecule has 0 aliphatic carbocycles. The van der Waals surface area contributed by atoms with Gasteiger partial charge in [0.15, 0.2) is 4.77 Å². The number of para-hydroxylation sites is 1. The number of H-pyrrole nitrogens is 1. The topological polar surface area (TPSA) is 20.7 Å². The van der Waals surface area contributed by atoms with E-state index in [1.807, 2.05) is 0 Å². The lowest BCUT2D eigenvalue weighted by Gasteiger charge is -2.19. The van der Waals surface area contributed by atoms with Crippen LogP contribution < -0.4 is 0 Å². The third-order valence-electron chi connectivity index (χ3n) is 3.82. The van der Waals surface area contributed by atoms with Gasteiger partial charge in [0.2, 0.25) is 0 Å². The Kier molecular flexibility index (Phi) is 3.91. The van der Waals surface area contributed by atoms with Crippen molar-refractivity contribution in [3.63, 3.8) is 0 Å². The zero-order valence-electron chi connectivity index (χ0n) is 11.7. The molecule has 2 aromatic rings. The number of aromatic nitrogens is 2. The van der Waals surface area contributed by atoms with Gasteiger partial charge in [-0.1, -0.05) is 32.4 Å². The van der Waals surface area contributed by atoms with Crippen LogP contribution in [0, 0.1) is 17.6 Å². The molecule has 0 saturated heterocycles. The summed E-state index contributed by atoms with van der Waals surface area (Å²) in [6, 6.07) is 6.77. The normalized spacial score (nSPS) is 14.9. The molecule has 0 spiro atoms. The molecule has 1 N–H and O–H groups in total. The van der Waals surface area contributed by atoms with Crippen molar-refractivity contribution in [3.8, 4) is 0 Å². The van der Waals surface area contributed by atoms with E-state index in [1.54, 1.807) is 0 Å². The number of rotatable bonds is 4. The molecular weight excluding hydrogens is 240 g/mol. The molecule has 98 valence electrons. The monoisotopic (exact) mass is 262 g/mol. The highest BCUT2D eigenvalue weighted by molar-refractivity contribution is 7.71. The van der Waals surface area contributed by atoms with Crippen molar-refractivity contribution in [2.24, 2.45) is 5.92 Å². The first kappa shape index (κ1) is 13.3. The highest BCUT2D eigenvalue weighted by Gasteiger charge is 2.14. The number of hydrogen-bond acceptors (Lipinski definition) is 1. The summed E-state index contributed by atoms with van der Waals surface area (Å²) in [7, 11) is 0. The minimum Gasteiger partial charge on any atom is -0.331 e. The fourth-order valence-corrected chi connectivity index (χ4v) is 3.01. The first-order chi connectivity index (χ1) is 8.54. The highest BCUT2D eigenvalue weighted by Crippen LogP contribution is 2.26. The van der Waals surface area contributed by atoms with Crippen molar-refractivity contribution < 1.29 is 0 Å². The van der Waals surface area contributed by atoms with Gasteiger partial charge in [0.1, 0.15) is 0 Å². The second-order valence-corrected chi connectivity index (χ2v) is 5.76. The van der Waals surface area contributed by atoms with Crippen LogP contribution in [0.3, 0.4) is 0 Å². The van der Waals surface area contributed by atoms with E-state index in [-0.39, 0.29) is 0 Å². The molecule has 0 aliphatic heterocycles.